The largest absolute Gasteiger partial charge is 0.393 e. The van der Waals surface area contributed by atoms with Crippen LogP contribution < -0.4 is 0 Å². The maximum atomic E-state index is 9.77. The molecule has 0 amide bonds. The van der Waals surface area contributed by atoms with Crippen molar-refractivity contribution >= 4 is 0 Å². The summed E-state index contributed by atoms with van der Waals surface area (Å²) in [5.41, 5.74) is 0. The third-order valence-corrected chi connectivity index (χ3v) is 4.55. The van der Waals surface area contributed by atoms with Gasteiger partial charge in [0.2, 0.25) is 0 Å². The minimum Gasteiger partial charge on any atom is -0.393 e. The van der Waals surface area contributed by atoms with E-state index in [9.17, 15) is 5.11 Å². The number of aliphatic hydroxyl groups is 1. The fourth-order valence-corrected chi connectivity index (χ4v) is 3.47. The third kappa shape index (κ3) is 3.46. The van der Waals surface area contributed by atoms with Gasteiger partial charge >= 0.3 is 0 Å². The molecule has 0 aromatic carbocycles. The van der Waals surface area contributed by atoms with E-state index in [1.54, 1.807) is 0 Å². The van der Waals surface area contributed by atoms with Gasteiger partial charge < -0.3 is 10.0 Å². The molecule has 2 saturated carbocycles. The van der Waals surface area contributed by atoms with Crippen LogP contribution in [0.4, 0.5) is 0 Å². The average molecular weight is 225 g/mol. The van der Waals surface area contributed by atoms with E-state index in [4.69, 9.17) is 0 Å². The van der Waals surface area contributed by atoms with Crippen molar-refractivity contribution in [2.45, 2.75) is 57.5 Å². The molecule has 0 aromatic rings. The van der Waals surface area contributed by atoms with Crippen LogP contribution in [-0.2, 0) is 0 Å². The number of rotatable bonds is 5. The highest BCUT2D eigenvalue weighted by Gasteiger charge is 2.25. The molecule has 0 heterocycles. The molecule has 2 atom stereocenters. The highest BCUT2D eigenvalue weighted by molar-refractivity contribution is 4.78. The lowest BCUT2D eigenvalue weighted by Gasteiger charge is -2.23. The second kappa shape index (κ2) is 6.02. The summed E-state index contributed by atoms with van der Waals surface area (Å²) in [6, 6.07) is 0. The van der Waals surface area contributed by atoms with Gasteiger partial charge in [-0.2, -0.15) is 0 Å². The van der Waals surface area contributed by atoms with Crippen molar-refractivity contribution in [1.29, 1.82) is 0 Å². The Morgan fingerprint density at radius 1 is 1.06 bits per heavy atom. The lowest BCUT2D eigenvalue weighted by molar-refractivity contribution is 0.119. The molecule has 2 heteroatoms. The van der Waals surface area contributed by atoms with E-state index in [0.717, 1.165) is 12.3 Å². The van der Waals surface area contributed by atoms with Crippen LogP contribution in [-0.4, -0.2) is 36.2 Å². The molecule has 2 rings (SSSR count). The van der Waals surface area contributed by atoms with Crippen LogP contribution in [0.5, 0.6) is 0 Å². The van der Waals surface area contributed by atoms with Gasteiger partial charge in [-0.05, 0) is 57.5 Å². The zero-order valence-electron chi connectivity index (χ0n) is 10.7. The minimum absolute atomic E-state index is 0.000111. The van der Waals surface area contributed by atoms with Crippen LogP contribution in [0.2, 0.25) is 0 Å². The summed E-state index contributed by atoms with van der Waals surface area (Å²) in [6.45, 7) is 2.46. The first-order valence-electron chi connectivity index (χ1n) is 7.12. The third-order valence-electron chi connectivity index (χ3n) is 4.55. The Balaban J connectivity index is 1.61. The number of hydrogen-bond acceptors (Lipinski definition) is 2. The Morgan fingerprint density at radius 3 is 2.44 bits per heavy atom. The van der Waals surface area contributed by atoms with Gasteiger partial charge in [0.05, 0.1) is 6.10 Å². The molecular weight excluding hydrogens is 198 g/mol. The summed E-state index contributed by atoms with van der Waals surface area (Å²) < 4.78 is 0. The monoisotopic (exact) mass is 225 g/mol. The van der Waals surface area contributed by atoms with Crippen LogP contribution in [0.15, 0.2) is 0 Å². The molecule has 94 valence electrons. The molecule has 0 spiro atoms. The lowest BCUT2D eigenvalue weighted by Crippen LogP contribution is -2.28. The summed E-state index contributed by atoms with van der Waals surface area (Å²) in [5.74, 6) is 1.55. The van der Waals surface area contributed by atoms with Gasteiger partial charge in [0.25, 0.3) is 0 Å². The topological polar surface area (TPSA) is 23.5 Å². The predicted molar refractivity (Wildman–Crippen MR) is 67.4 cm³/mol. The number of hydrogen-bond donors (Lipinski definition) is 1. The van der Waals surface area contributed by atoms with Gasteiger partial charge in [-0.3, -0.25) is 0 Å². The number of aliphatic hydroxyl groups excluding tert-OH is 1. The Morgan fingerprint density at radius 2 is 1.81 bits per heavy atom. The molecule has 2 aliphatic carbocycles. The van der Waals surface area contributed by atoms with Crippen molar-refractivity contribution in [2.24, 2.45) is 11.8 Å². The molecule has 0 aromatic heterocycles. The van der Waals surface area contributed by atoms with E-state index in [0.29, 0.717) is 5.92 Å². The van der Waals surface area contributed by atoms with Gasteiger partial charge in [-0.1, -0.05) is 19.3 Å². The highest BCUT2D eigenvalue weighted by Crippen LogP contribution is 2.29. The molecule has 0 radical (unpaired) electrons. The molecule has 2 aliphatic rings. The van der Waals surface area contributed by atoms with Gasteiger partial charge in [0.15, 0.2) is 0 Å². The summed E-state index contributed by atoms with van der Waals surface area (Å²) in [6.07, 6.45) is 10.5. The Bertz CT molecular complexity index is 201. The molecule has 16 heavy (non-hydrogen) atoms. The van der Waals surface area contributed by atoms with Crippen molar-refractivity contribution in [1.82, 2.24) is 4.90 Å². The zero-order valence-corrected chi connectivity index (χ0v) is 10.7. The molecule has 1 N–H and O–H groups in total. The van der Waals surface area contributed by atoms with Crippen molar-refractivity contribution in [2.75, 3.05) is 20.1 Å². The fraction of sp³-hybridized carbons (Fsp3) is 1.00. The number of nitrogens with zero attached hydrogens (tertiary/aromatic N) is 1. The van der Waals surface area contributed by atoms with E-state index in [1.165, 1.54) is 58.0 Å². The maximum absolute atomic E-state index is 9.77. The van der Waals surface area contributed by atoms with Crippen molar-refractivity contribution in [3.63, 3.8) is 0 Å². The minimum atomic E-state index is -0.000111. The maximum Gasteiger partial charge on any atom is 0.0568 e. The van der Waals surface area contributed by atoms with E-state index in [2.05, 4.69) is 11.9 Å². The molecule has 2 fully saturated rings. The average Bonchev–Trinajstić information content (AvgIpc) is 2.87. The van der Waals surface area contributed by atoms with E-state index in [-0.39, 0.29) is 6.10 Å². The summed E-state index contributed by atoms with van der Waals surface area (Å²) in [5, 5.41) is 9.77. The first-order valence-corrected chi connectivity index (χ1v) is 7.12. The second-order valence-electron chi connectivity index (χ2n) is 5.96. The van der Waals surface area contributed by atoms with E-state index >= 15 is 0 Å². The second-order valence-corrected chi connectivity index (χ2v) is 5.96. The first kappa shape index (κ1) is 12.4. The SMILES string of the molecule is CN(CCC1CCCC1O)CC1CCCC1. The Hall–Kier alpha value is -0.0800. The van der Waals surface area contributed by atoms with Crippen LogP contribution in [0.3, 0.4) is 0 Å². The molecule has 2 unspecified atom stereocenters. The molecule has 2 nitrogen and oxygen atoms in total. The normalized spacial score (nSPS) is 31.7. The first-order chi connectivity index (χ1) is 7.75. The van der Waals surface area contributed by atoms with Crippen LogP contribution in [0.25, 0.3) is 0 Å². The summed E-state index contributed by atoms with van der Waals surface area (Å²) >= 11 is 0. The van der Waals surface area contributed by atoms with Gasteiger partial charge in [0, 0.05) is 6.54 Å². The Kier molecular flexibility index (Phi) is 4.66. The van der Waals surface area contributed by atoms with Crippen LogP contribution in [0.1, 0.15) is 51.4 Å². The van der Waals surface area contributed by atoms with E-state index < -0.39 is 0 Å². The van der Waals surface area contributed by atoms with Gasteiger partial charge in [0.1, 0.15) is 0 Å². The zero-order chi connectivity index (χ0) is 11.4. The van der Waals surface area contributed by atoms with E-state index in [1.807, 2.05) is 0 Å². The summed E-state index contributed by atoms with van der Waals surface area (Å²) in [4.78, 5) is 2.49. The standard InChI is InChI=1S/C14H27NO/c1-15(11-12-5-2-3-6-12)10-9-13-7-4-8-14(13)16/h12-14,16H,2-11H2,1H3. The molecular formula is C14H27NO. The Labute approximate surface area is 100 Å². The van der Waals surface area contributed by atoms with Crippen molar-refractivity contribution in [3.8, 4) is 0 Å². The van der Waals surface area contributed by atoms with Crippen molar-refractivity contribution < 1.29 is 5.11 Å². The highest BCUT2D eigenvalue weighted by atomic mass is 16.3. The quantitative estimate of drug-likeness (QED) is 0.777. The van der Waals surface area contributed by atoms with Crippen molar-refractivity contribution in [3.05, 3.63) is 0 Å². The molecule has 0 bridgehead atoms. The van der Waals surface area contributed by atoms with Crippen LogP contribution >= 0.6 is 0 Å². The summed E-state index contributed by atoms with van der Waals surface area (Å²) in [7, 11) is 2.25. The predicted octanol–water partition coefficient (Wildman–Crippen LogP) is 2.66. The lowest BCUT2D eigenvalue weighted by atomic mass is 10.0. The molecule has 0 saturated heterocycles. The van der Waals surface area contributed by atoms with Gasteiger partial charge in [-0.15, -0.1) is 0 Å². The fourth-order valence-electron chi connectivity index (χ4n) is 3.47. The van der Waals surface area contributed by atoms with Crippen LogP contribution in [0, 0.1) is 11.8 Å². The smallest absolute Gasteiger partial charge is 0.0568 e. The van der Waals surface area contributed by atoms with Gasteiger partial charge in [-0.25, -0.2) is 0 Å². The molecule has 0 aliphatic heterocycles.